The lowest BCUT2D eigenvalue weighted by Crippen LogP contribution is -2.54. The Bertz CT molecular complexity index is 663. The van der Waals surface area contributed by atoms with Crippen molar-refractivity contribution < 1.29 is 9.59 Å². The third-order valence-corrected chi connectivity index (χ3v) is 4.91. The van der Waals surface area contributed by atoms with Gasteiger partial charge in [0.15, 0.2) is 5.13 Å². The van der Waals surface area contributed by atoms with Gasteiger partial charge in [-0.25, -0.2) is 4.98 Å². The van der Waals surface area contributed by atoms with Crippen molar-refractivity contribution in [1.29, 1.82) is 0 Å². The van der Waals surface area contributed by atoms with Gasteiger partial charge in [-0.2, -0.15) is 0 Å². The number of thiazole rings is 1. The zero-order chi connectivity index (χ0) is 16.9. The Kier molecular flexibility index (Phi) is 5.27. The number of H-pyrrole nitrogens is 1. The molecule has 8 heteroatoms. The maximum atomic E-state index is 12.5. The van der Waals surface area contributed by atoms with E-state index in [2.05, 4.69) is 20.2 Å². The first-order valence-electron chi connectivity index (χ1n) is 8.06. The Balaban J connectivity index is 1.56. The van der Waals surface area contributed by atoms with Crippen LogP contribution in [-0.4, -0.2) is 63.8 Å². The Morgan fingerprint density at radius 2 is 2.17 bits per heavy atom. The second kappa shape index (κ2) is 7.59. The molecule has 1 aliphatic heterocycles. The van der Waals surface area contributed by atoms with Gasteiger partial charge in [-0.05, 0) is 18.6 Å². The van der Waals surface area contributed by atoms with Crippen LogP contribution in [0.5, 0.6) is 0 Å². The van der Waals surface area contributed by atoms with Crippen molar-refractivity contribution in [3.8, 4) is 0 Å². The molecule has 2 N–H and O–H groups in total. The summed E-state index contributed by atoms with van der Waals surface area (Å²) in [4.78, 5) is 35.8. The van der Waals surface area contributed by atoms with Crippen LogP contribution in [0.1, 0.15) is 23.8 Å². The number of aromatic nitrogens is 2. The van der Waals surface area contributed by atoms with E-state index >= 15 is 0 Å². The topological polar surface area (TPSA) is 81.3 Å². The molecule has 2 amide bonds. The number of anilines is 1. The summed E-state index contributed by atoms with van der Waals surface area (Å²) in [5.41, 5.74) is 0.608. The van der Waals surface area contributed by atoms with Gasteiger partial charge in [-0.15, -0.1) is 11.3 Å². The molecule has 1 fully saturated rings. The molecule has 128 valence electrons. The lowest BCUT2D eigenvalue weighted by atomic mass is 10.1. The molecule has 7 nitrogen and oxygen atoms in total. The second-order valence-electron chi connectivity index (χ2n) is 5.66. The minimum absolute atomic E-state index is 0.0138. The van der Waals surface area contributed by atoms with Crippen LogP contribution in [0.3, 0.4) is 0 Å². The number of rotatable bonds is 5. The van der Waals surface area contributed by atoms with Crippen molar-refractivity contribution >= 4 is 28.3 Å². The molecule has 0 saturated carbocycles. The predicted octanol–water partition coefficient (Wildman–Crippen LogP) is 1.65. The molecule has 1 unspecified atom stereocenters. The number of piperazine rings is 1. The van der Waals surface area contributed by atoms with Crippen LogP contribution in [-0.2, 0) is 4.79 Å². The van der Waals surface area contributed by atoms with E-state index in [1.807, 2.05) is 23.3 Å². The number of nitrogens with one attached hydrogen (secondary N) is 2. The fraction of sp³-hybridized carbons (Fsp3) is 0.438. The fourth-order valence-electron chi connectivity index (χ4n) is 2.95. The van der Waals surface area contributed by atoms with Gasteiger partial charge in [0, 0.05) is 44.0 Å². The van der Waals surface area contributed by atoms with E-state index in [9.17, 15) is 9.59 Å². The van der Waals surface area contributed by atoms with E-state index in [-0.39, 0.29) is 17.9 Å². The molecular formula is C16H21N5O2S. The highest BCUT2D eigenvalue weighted by Gasteiger charge is 2.30. The normalized spacial score (nSPS) is 16.8. The number of carbonyl (C=O) groups is 2. The van der Waals surface area contributed by atoms with Crippen molar-refractivity contribution in [1.82, 2.24) is 19.8 Å². The smallest absolute Gasteiger partial charge is 0.270 e. The summed E-state index contributed by atoms with van der Waals surface area (Å²) in [5, 5.41) is 5.33. The van der Waals surface area contributed by atoms with Crippen molar-refractivity contribution in [2.45, 2.75) is 19.4 Å². The molecule has 1 aliphatic rings. The number of hydrogen-bond donors (Lipinski definition) is 2. The number of hydrogen-bond acceptors (Lipinski definition) is 5. The average molecular weight is 347 g/mol. The highest BCUT2D eigenvalue weighted by atomic mass is 32.1. The molecule has 3 rings (SSSR count). The summed E-state index contributed by atoms with van der Waals surface area (Å²) < 4.78 is 0. The minimum atomic E-state index is -0.198. The van der Waals surface area contributed by atoms with E-state index in [0.717, 1.165) is 6.42 Å². The molecule has 1 saturated heterocycles. The SMILES string of the molecule is CCC(C(=O)Nc1nccs1)N1CCN(C(=O)c2ccc[nH]2)CC1. The van der Waals surface area contributed by atoms with Crippen LogP contribution < -0.4 is 5.32 Å². The average Bonchev–Trinajstić information content (AvgIpc) is 3.29. The predicted molar refractivity (Wildman–Crippen MR) is 93.1 cm³/mol. The van der Waals surface area contributed by atoms with Crippen LogP contribution in [0, 0.1) is 0 Å². The first-order valence-corrected chi connectivity index (χ1v) is 8.94. The van der Waals surface area contributed by atoms with Crippen molar-refractivity contribution in [2.75, 3.05) is 31.5 Å². The summed E-state index contributed by atoms with van der Waals surface area (Å²) >= 11 is 1.41. The molecule has 0 aliphatic carbocycles. The molecular weight excluding hydrogens is 326 g/mol. The van der Waals surface area contributed by atoms with Crippen LogP contribution in [0.2, 0.25) is 0 Å². The van der Waals surface area contributed by atoms with Gasteiger partial charge in [0.25, 0.3) is 5.91 Å². The maximum Gasteiger partial charge on any atom is 0.270 e. The first kappa shape index (κ1) is 16.7. The zero-order valence-electron chi connectivity index (χ0n) is 13.6. The Hall–Kier alpha value is -2.19. The van der Waals surface area contributed by atoms with E-state index in [0.29, 0.717) is 37.0 Å². The Morgan fingerprint density at radius 1 is 1.38 bits per heavy atom. The largest absolute Gasteiger partial charge is 0.357 e. The lowest BCUT2D eigenvalue weighted by molar-refractivity contribution is -0.122. The van der Waals surface area contributed by atoms with Gasteiger partial charge in [-0.1, -0.05) is 6.92 Å². The van der Waals surface area contributed by atoms with Gasteiger partial charge in [0.2, 0.25) is 5.91 Å². The van der Waals surface area contributed by atoms with Crippen molar-refractivity contribution in [3.05, 3.63) is 35.6 Å². The molecule has 2 aromatic rings. The molecule has 0 aromatic carbocycles. The molecule has 3 heterocycles. The standard InChI is InChI=1S/C16H21N5O2S/c1-2-13(14(22)19-16-18-6-11-24-16)20-7-9-21(10-8-20)15(23)12-4-3-5-17-12/h3-6,11,13,17H,2,7-10H2,1H3,(H,18,19,22). The van der Waals surface area contributed by atoms with Gasteiger partial charge in [0.05, 0.1) is 6.04 Å². The second-order valence-corrected chi connectivity index (χ2v) is 6.56. The summed E-state index contributed by atoms with van der Waals surface area (Å²) in [6.45, 7) is 4.63. The molecule has 1 atom stereocenters. The van der Waals surface area contributed by atoms with Crippen molar-refractivity contribution in [3.63, 3.8) is 0 Å². The monoisotopic (exact) mass is 347 g/mol. The number of amides is 2. The van der Waals surface area contributed by atoms with E-state index in [4.69, 9.17) is 0 Å². The van der Waals surface area contributed by atoms with E-state index in [1.165, 1.54) is 11.3 Å². The van der Waals surface area contributed by atoms with Gasteiger partial charge >= 0.3 is 0 Å². The zero-order valence-corrected chi connectivity index (χ0v) is 14.4. The molecule has 24 heavy (non-hydrogen) atoms. The molecule has 0 spiro atoms. The third kappa shape index (κ3) is 3.65. The lowest BCUT2D eigenvalue weighted by Gasteiger charge is -2.38. The quantitative estimate of drug-likeness (QED) is 0.862. The van der Waals surface area contributed by atoms with E-state index in [1.54, 1.807) is 18.5 Å². The fourth-order valence-corrected chi connectivity index (χ4v) is 3.49. The number of carbonyl (C=O) groups excluding carboxylic acids is 2. The van der Waals surface area contributed by atoms with Crippen LogP contribution in [0.15, 0.2) is 29.9 Å². The van der Waals surface area contributed by atoms with Gasteiger partial charge in [-0.3, -0.25) is 14.5 Å². The van der Waals surface area contributed by atoms with Crippen LogP contribution in [0.4, 0.5) is 5.13 Å². The molecule has 0 bridgehead atoms. The number of nitrogens with zero attached hydrogens (tertiary/aromatic N) is 3. The summed E-state index contributed by atoms with van der Waals surface area (Å²) in [7, 11) is 0. The highest BCUT2D eigenvalue weighted by molar-refractivity contribution is 7.13. The van der Waals surface area contributed by atoms with Crippen molar-refractivity contribution in [2.24, 2.45) is 0 Å². The Labute approximate surface area is 144 Å². The first-order chi connectivity index (χ1) is 11.7. The van der Waals surface area contributed by atoms with Crippen LogP contribution in [0.25, 0.3) is 0 Å². The summed E-state index contributed by atoms with van der Waals surface area (Å²) in [6, 6.07) is 3.40. The third-order valence-electron chi connectivity index (χ3n) is 4.22. The summed E-state index contributed by atoms with van der Waals surface area (Å²) in [5.74, 6) is -0.0171. The molecule has 0 radical (unpaired) electrons. The van der Waals surface area contributed by atoms with Gasteiger partial charge < -0.3 is 15.2 Å². The van der Waals surface area contributed by atoms with E-state index < -0.39 is 0 Å². The molecule has 2 aromatic heterocycles. The summed E-state index contributed by atoms with van der Waals surface area (Å²) in [6.07, 6.45) is 4.15. The number of aromatic amines is 1. The Morgan fingerprint density at radius 3 is 2.75 bits per heavy atom. The van der Waals surface area contributed by atoms with Crippen LogP contribution >= 0.6 is 11.3 Å². The van der Waals surface area contributed by atoms with Gasteiger partial charge in [0.1, 0.15) is 5.69 Å². The minimum Gasteiger partial charge on any atom is -0.357 e. The maximum absolute atomic E-state index is 12.5. The highest BCUT2D eigenvalue weighted by Crippen LogP contribution is 2.15.